The maximum Gasteiger partial charge on any atom is 0.268 e. The lowest BCUT2D eigenvalue weighted by Crippen LogP contribution is -2.28. The third-order valence-electron chi connectivity index (χ3n) is 6.29. The van der Waals surface area contributed by atoms with E-state index in [-0.39, 0.29) is 5.91 Å². The summed E-state index contributed by atoms with van der Waals surface area (Å²) in [6.45, 7) is 8.70. The number of benzene rings is 2. The molecule has 8 nitrogen and oxygen atoms in total. The number of amides is 1. The summed E-state index contributed by atoms with van der Waals surface area (Å²) < 4.78 is 12.8. The van der Waals surface area contributed by atoms with Gasteiger partial charge in [-0.15, -0.1) is 10.2 Å². The maximum atomic E-state index is 12.7. The molecule has 0 aliphatic rings. The van der Waals surface area contributed by atoms with Crippen LogP contribution >= 0.6 is 0 Å². The number of methoxy groups -OCH3 is 1. The summed E-state index contributed by atoms with van der Waals surface area (Å²) in [4.78, 5) is 12.7. The lowest BCUT2D eigenvalue weighted by molar-refractivity contribution is 0.0946. The van der Waals surface area contributed by atoms with Crippen molar-refractivity contribution in [3.8, 4) is 34.3 Å². The Morgan fingerprint density at radius 2 is 1.71 bits per heavy atom. The fourth-order valence-corrected chi connectivity index (χ4v) is 4.04. The zero-order chi connectivity index (χ0) is 24.9. The highest BCUT2D eigenvalue weighted by Crippen LogP contribution is 2.34. The molecule has 0 aliphatic heterocycles. The predicted octanol–water partition coefficient (Wildman–Crippen LogP) is 5.38. The van der Waals surface area contributed by atoms with Crippen LogP contribution in [0.2, 0.25) is 0 Å². The average Bonchev–Trinajstić information content (AvgIpc) is 3.47. The number of ether oxygens (including phenoxy) is 1. The van der Waals surface area contributed by atoms with Crippen LogP contribution in [0.15, 0.2) is 52.9 Å². The normalized spacial score (nSPS) is 11.1. The number of carbonyl (C=O) groups excluding carboxylic acids is 1. The zero-order valence-corrected chi connectivity index (χ0v) is 20.8. The highest BCUT2D eigenvalue weighted by molar-refractivity contribution is 5.94. The van der Waals surface area contributed by atoms with E-state index in [0.717, 1.165) is 41.1 Å². The van der Waals surface area contributed by atoms with E-state index in [1.165, 1.54) is 0 Å². The van der Waals surface area contributed by atoms with Crippen LogP contribution in [0.4, 0.5) is 0 Å². The van der Waals surface area contributed by atoms with Gasteiger partial charge in [-0.1, -0.05) is 26.7 Å². The molecule has 1 amide bonds. The van der Waals surface area contributed by atoms with Crippen LogP contribution in [0.1, 0.15) is 48.5 Å². The summed E-state index contributed by atoms with van der Waals surface area (Å²) in [5, 5.41) is 16.0. The smallest absolute Gasteiger partial charge is 0.268 e. The second kappa shape index (κ2) is 10.5. The maximum absolute atomic E-state index is 12.7. The van der Waals surface area contributed by atoms with Crippen LogP contribution < -0.4 is 10.1 Å². The molecular formula is C27H31N5O3. The quantitative estimate of drug-likeness (QED) is 0.351. The molecule has 1 N–H and O–H groups in total. The van der Waals surface area contributed by atoms with E-state index < -0.39 is 0 Å². The molecule has 35 heavy (non-hydrogen) atoms. The Morgan fingerprint density at radius 3 is 2.29 bits per heavy atom. The van der Waals surface area contributed by atoms with Crippen LogP contribution in [0.25, 0.3) is 28.5 Å². The van der Waals surface area contributed by atoms with Crippen LogP contribution in [-0.4, -0.2) is 39.5 Å². The second-order valence-corrected chi connectivity index (χ2v) is 8.53. The van der Waals surface area contributed by atoms with Gasteiger partial charge < -0.3 is 14.5 Å². The molecule has 4 aromatic rings. The Kier molecular flexibility index (Phi) is 7.29. The highest BCUT2D eigenvalue weighted by Gasteiger charge is 2.22. The zero-order valence-electron chi connectivity index (χ0n) is 20.8. The number of aromatic nitrogens is 4. The fraction of sp³-hybridized carbons (Fsp3) is 0.333. The summed E-state index contributed by atoms with van der Waals surface area (Å²) in [7, 11) is 1.64. The van der Waals surface area contributed by atoms with Gasteiger partial charge in [-0.25, -0.2) is 4.68 Å². The first-order valence-corrected chi connectivity index (χ1v) is 11.9. The summed E-state index contributed by atoms with van der Waals surface area (Å²) in [5.41, 5.74) is 4.81. The van der Waals surface area contributed by atoms with Crippen molar-refractivity contribution in [1.29, 1.82) is 0 Å². The van der Waals surface area contributed by atoms with E-state index in [9.17, 15) is 4.79 Å². The van der Waals surface area contributed by atoms with Gasteiger partial charge in [-0.05, 0) is 61.4 Å². The van der Waals surface area contributed by atoms with E-state index in [1.54, 1.807) is 14.0 Å². The fourth-order valence-electron chi connectivity index (χ4n) is 4.04. The van der Waals surface area contributed by atoms with Gasteiger partial charge in [0.25, 0.3) is 11.8 Å². The molecule has 2 heterocycles. The number of nitrogens with one attached hydrogen (secondary N) is 1. The SMILES string of the molecule is CCC(CC)CNC(=O)c1ccc(-n2nc(-c3nnc(C)o3)c(C)c2-c2ccc(OC)cc2)cc1. The molecule has 0 unspecified atom stereocenters. The molecule has 0 atom stereocenters. The van der Waals surface area contributed by atoms with Crippen molar-refractivity contribution < 1.29 is 13.9 Å². The molecule has 0 aliphatic carbocycles. The van der Waals surface area contributed by atoms with E-state index in [4.69, 9.17) is 14.3 Å². The van der Waals surface area contributed by atoms with Crippen molar-refractivity contribution in [3.63, 3.8) is 0 Å². The molecule has 0 spiro atoms. The van der Waals surface area contributed by atoms with Crippen LogP contribution in [0, 0.1) is 19.8 Å². The minimum Gasteiger partial charge on any atom is -0.497 e. The van der Waals surface area contributed by atoms with Gasteiger partial charge in [0.1, 0.15) is 5.75 Å². The molecule has 8 heteroatoms. The van der Waals surface area contributed by atoms with Crippen molar-refractivity contribution in [2.24, 2.45) is 5.92 Å². The van der Waals surface area contributed by atoms with Gasteiger partial charge in [0, 0.05) is 30.2 Å². The predicted molar refractivity (Wildman–Crippen MR) is 135 cm³/mol. The molecule has 2 aromatic carbocycles. The van der Waals surface area contributed by atoms with Crippen molar-refractivity contribution in [2.75, 3.05) is 13.7 Å². The van der Waals surface area contributed by atoms with Gasteiger partial charge in [-0.2, -0.15) is 5.10 Å². The van der Waals surface area contributed by atoms with Gasteiger partial charge in [0.05, 0.1) is 18.5 Å². The Bertz CT molecular complexity index is 1290. The Balaban J connectivity index is 1.70. The molecule has 0 fully saturated rings. The highest BCUT2D eigenvalue weighted by atomic mass is 16.5. The lowest BCUT2D eigenvalue weighted by atomic mass is 10.0. The number of hydrogen-bond acceptors (Lipinski definition) is 6. The van der Waals surface area contributed by atoms with Crippen LogP contribution in [0.5, 0.6) is 5.75 Å². The first-order chi connectivity index (χ1) is 16.9. The van der Waals surface area contributed by atoms with Crippen molar-refractivity contribution >= 4 is 5.91 Å². The summed E-state index contributed by atoms with van der Waals surface area (Å²) in [6.07, 6.45) is 2.09. The number of rotatable bonds is 9. The van der Waals surface area contributed by atoms with E-state index >= 15 is 0 Å². The number of carbonyl (C=O) groups is 1. The van der Waals surface area contributed by atoms with Gasteiger partial charge in [0.15, 0.2) is 5.69 Å². The number of aryl methyl sites for hydroxylation is 1. The topological polar surface area (TPSA) is 95.1 Å². The molecule has 0 saturated carbocycles. The van der Waals surface area contributed by atoms with Gasteiger partial charge >= 0.3 is 0 Å². The molecule has 2 aromatic heterocycles. The third-order valence-corrected chi connectivity index (χ3v) is 6.29. The second-order valence-electron chi connectivity index (χ2n) is 8.53. The first-order valence-electron chi connectivity index (χ1n) is 11.9. The summed E-state index contributed by atoms with van der Waals surface area (Å²) in [5.74, 6) is 2.03. The molecule has 4 rings (SSSR count). The van der Waals surface area contributed by atoms with E-state index in [0.29, 0.717) is 35.5 Å². The molecular weight excluding hydrogens is 442 g/mol. The molecule has 182 valence electrons. The molecule has 0 radical (unpaired) electrons. The largest absolute Gasteiger partial charge is 0.497 e. The minimum atomic E-state index is -0.0718. The minimum absolute atomic E-state index is 0.0718. The summed E-state index contributed by atoms with van der Waals surface area (Å²) in [6, 6.07) is 15.2. The lowest BCUT2D eigenvalue weighted by Gasteiger charge is -2.14. The van der Waals surface area contributed by atoms with E-state index in [1.807, 2.05) is 60.1 Å². The molecule has 0 saturated heterocycles. The van der Waals surface area contributed by atoms with E-state index in [2.05, 4.69) is 29.4 Å². The average molecular weight is 474 g/mol. The summed E-state index contributed by atoms with van der Waals surface area (Å²) >= 11 is 0. The Hall–Kier alpha value is -3.94. The first kappa shape index (κ1) is 24.2. The van der Waals surface area contributed by atoms with Crippen molar-refractivity contribution in [1.82, 2.24) is 25.3 Å². The monoisotopic (exact) mass is 473 g/mol. The Morgan fingerprint density at radius 1 is 1.03 bits per heavy atom. The standard InChI is InChI=1S/C27H31N5O3/c1-6-19(7-2)16-28-26(33)21-8-12-22(13-9-21)32-25(20-10-14-23(34-5)15-11-20)17(3)24(31-32)27-30-29-18(4)35-27/h8-15,19H,6-7,16H2,1-5H3,(H,28,33). The third kappa shape index (κ3) is 5.11. The van der Waals surface area contributed by atoms with Crippen LogP contribution in [-0.2, 0) is 0 Å². The molecule has 0 bridgehead atoms. The van der Waals surface area contributed by atoms with Crippen molar-refractivity contribution in [3.05, 3.63) is 65.5 Å². The Labute approximate surface area is 205 Å². The van der Waals surface area contributed by atoms with Crippen molar-refractivity contribution in [2.45, 2.75) is 40.5 Å². The van der Waals surface area contributed by atoms with Crippen LogP contribution in [0.3, 0.4) is 0 Å². The number of hydrogen-bond donors (Lipinski definition) is 1. The number of nitrogens with zero attached hydrogens (tertiary/aromatic N) is 4. The van der Waals surface area contributed by atoms with Gasteiger partial charge in [-0.3, -0.25) is 4.79 Å². The van der Waals surface area contributed by atoms with Gasteiger partial charge in [0.2, 0.25) is 5.89 Å².